The summed E-state index contributed by atoms with van der Waals surface area (Å²) in [5.74, 6) is -0.836. The van der Waals surface area contributed by atoms with Crippen LogP contribution >= 0.6 is 0 Å². The van der Waals surface area contributed by atoms with Crippen LogP contribution in [0.25, 0.3) is 5.69 Å². The number of alkyl halides is 3. The van der Waals surface area contributed by atoms with Crippen molar-refractivity contribution in [3.8, 4) is 17.2 Å². The molecule has 0 fully saturated rings. The van der Waals surface area contributed by atoms with Crippen molar-refractivity contribution < 1.29 is 31.8 Å². The molecule has 1 unspecified atom stereocenters. The maximum atomic E-state index is 14.1. The highest BCUT2D eigenvalue weighted by atomic mass is 19.4. The average Bonchev–Trinajstić information content (AvgIpc) is 3.19. The number of hydrogen-bond donors (Lipinski definition) is 1. The molecule has 0 bridgehead atoms. The van der Waals surface area contributed by atoms with Crippen LogP contribution in [-0.4, -0.2) is 28.9 Å². The number of amides is 1. The van der Waals surface area contributed by atoms with Crippen molar-refractivity contribution in [2.45, 2.75) is 19.1 Å². The molecule has 0 spiro atoms. The number of halogens is 4. The van der Waals surface area contributed by atoms with E-state index in [2.05, 4.69) is 10.4 Å². The standard InChI is InChI=1S/C21H17F4N3O3/c1-12(13-6-7-17-18(10-13)31-9-8-30-17)27-20(29)14-11-26-28(19(14)21(23,24)25)16-5-3-2-4-15(16)22/h2-7,10-12H,8-9H2,1H3,(H,27,29). The molecule has 1 N–H and O–H groups in total. The number of ether oxygens (including phenoxy) is 2. The number of rotatable bonds is 4. The maximum absolute atomic E-state index is 14.1. The normalized spacial score (nSPS) is 14.2. The van der Waals surface area contributed by atoms with Crippen molar-refractivity contribution in [3.63, 3.8) is 0 Å². The fraction of sp³-hybridized carbons (Fsp3) is 0.238. The van der Waals surface area contributed by atoms with E-state index in [1.165, 1.54) is 12.1 Å². The van der Waals surface area contributed by atoms with Crippen LogP contribution in [0.1, 0.15) is 34.6 Å². The zero-order valence-corrected chi connectivity index (χ0v) is 16.2. The zero-order chi connectivity index (χ0) is 22.2. The number of hydrogen-bond acceptors (Lipinski definition) is 4. The van der Waals surface area contributed by atoms with Crippen molar-refractivity contribution in [2.24, 2.45) is 0 Å². The van der Waals surface area contributed by atoms with E-state index in [1.807, 2.05) is 0 Å². The third-order valence-electron chi connectivity index (χ3n) is 4.78. The number of nitrogens with one attached hydrogen (secondary N) is 1. The Balaban J connectivity index is 1.64. The second-order valence-corrected chi connectivity index (χ2v) is 6.87. The van der Waals surface area contributed by atoms with E-state index in [4.69, 9.17) is 9.47 Å². The minimum absolute atomic E-state index is 0.376. The Morgan fingerprint density at radius 3 is 2.55 bits per heavy atom. The summed E-state index contributed by atoms with van der Waals surface area (Å²) >= 11 is 0. The van der Waals surface area contributed by atoms with Gasteiger partial charge in [-0.3, -0.25) is 4.79 Å². The number of nitrogens with zero attached hydrogens (tertiary/aromatic N) is 2. The summed E-state index contributed by atoms with van der Waals surface area (Å²) in [5, 5.41) is 6.16. The molecule has 31 heavy (non-hydrogen) atoms. The lowest BCUT2D eigenvalue weighted by Crippen LogP contribution is -2.29. The number of para-hydroxylation sites is 1. The third kappa shape index (κ3) is 4.05. The van der Waals surface area contributed by atoms with Crippen LogP contribution in [-0.2, 0) is 6.18 Å². The smallest absolute Gasteiger partial charge is 0.434 e. The van der Waals surface area contributed by atoms with E-state index >= 15 is 0 Å². The topological polar surface area (TPSA) is 65.4 Å². The fourth-order valence-corrected chi connectivity index (χ4v) is 3.28. The van der Waals surface area contributed by atoms with Gasteiger partial charge in [0, 0.05) is 0 Å². The van der Waals surface area contributed by atoms with Gasteiger partial charge in [0.25, 0.3) is 5.91 Å². The first-order chi connectivity index (χ1) is 14.8. The van der Waals surface area contributed by atoms with E-state index < -0.39 is 40.9 Å². The van der Waals surface area contributed by atoms with Gasteiger partial charge in [-0.1, -0.05) is 18.2 Å². The molecule has 3 aromatic rings. The zero-order valence-electron chi connectivity index (χ0n) is 16.2. The summed E-state index contributed by atoms with van der Waals surface area (Å²) < 4.78 is 66.7. The number of benzene rings is 2. The third-order valence-corrected chi connectivity index (χ3v) is 4.78. The summed E-state index contributed by atoms with van der Waals surface area (Å²) in [7, 11) is 0. The molecule has 6 nitrogen and oxygen atoms in total. The fourth-order valence-electron chi connectivity index (χ4n) is 3.28. The lowest BCUT2D eigenvalue weighted by Gasteiger charge is -2.21. The number of aromatic nitrogens is 2. The summed E-state index contributed by atoms with van der Waals surface area (Å²) in [4.78, 5) is 12.7. The van der Waals surface area contributed by atoms with Gasteiger partial charge in [-0.25, -0.2) is 9.07 Å². The van der Waals surface area contributed by atoms with Crippen LogP contribution in [0.4, 0.5) is 17.6 Å². The van der Waals surface area contributed by atoms with Crippen molar-refractivity contribution >= 4 is 5.91 Å². The minimum atomic E-state index is -4.94. The van der Waals surface area contributed by atoms with E-state index in [0.717, 1.165) is 18.3 Å². The monoisotopic (exact) mass is 435 g/mol. The molecule has 1 aliphatic rings. The molecule has 2 heterocycles. The van der Waals surface area contributed by atoms with Crippen molar-refractivity contribution in [3.05, 3.63) is 71.3 Å². The Kier molecular flexibility index (Phi) is 5.30. The van der Waals surface area contributed by atoms with Crippen LogP contribution in [0, 0.1) is 5.82 Å². The molecule has 1 aromatic heterocycles. The summed E-state index contributed by atoms with van der Waals surface area (Å²) in [6.07, 6.45) is -4.16. The molecule has 0 aliphatic carbocycles. The highest BCUT2D eigenvalue weighted by Gasteiger charge is 2.41. The second-order valence-electron chi connectivity index (χ2n) is 6.87. The first-order valence-corrected chi connectivity index (χ1v) is 9.36. The lowest BCUT2D eigenvalue weighted by atomic mass is 10.1. The lowest BCUT2D eigenvalue weighted by molar-refractivity contribution is -0.143. The first kappa shape index (κ1) is 20.7. The molecule has 162 valence electrons. The van der Waals surface area contributed by atoms with Crippen LogP contribution in [0.2, 0.25) is 0 Å². The Bertz CT molecular complexity index is 1130. The summed E-state index contributed by atoms with van der Waals surface area (Å²) in [5.41, 5.74) is -1.86. The van der Waals surface area contributed by atoms with E-state index in [9.17, 15) is 22.4 Å². The maximum Gasteiger partial charge on any atom is 0.434 e. The molecule has 0 saturated heterocycles. The first-order valence-electron chi connectivity index (χ1n) is 9.36. The molecule has 4 rings (SSSR count). The van der Waals surface area contributed by atoms with Crippen LogP contribution in [0.15, 0.2) is 48.7 Å². The van der Waals surface area contributed by atoms with Gasteiger partial charge in [-0.2, -0.15) is 18.3 Å². The molecule has 0 saturated carbocycles. The van der Waals surface area contributed by atoms with Crippen molar-refractivity contribution in [1.82, 2.24) is 15.1 Å². The average molecular weight is 435 g/mol. The van der Waals surface area contributed by atoms with Gasteiger partial charge >= 0.3 is 6.18 Å². The van der Waals surface area contributed by atoms with E-state index in [0.29, 0.717) is 35.0 Å². The largest absolute Gasteiger partial charge is 0.486 e. The van der Waals surface area contributed by atoms with Gasteiger partial charge in [0.05, 0.1) is 17.8 Å². The van der Waals surface area contributed by atoms with Gasteiger partial charge < -0.3 is 14.8 Å². The van der Waals surface area contributed by atoms with Gasteiger partial charge in [0.15, 0.2) is 17.2 Å². The Hall–Kier alpha value is -3.56. The van der Waals surface area contributed by atoms with Crippen LogP contribution in [0.3, 0.4) is 0 Å². The summed E-state index contributed by atoms with van der Waals surface area (Å²) in [6.45, 7) is 2.42. The predicted octanol–water partition coefficient (Wildman–Crippen LogP) is 4.29. The van der Waals surface area contributed by atoms with Crippen LogP contribution < -0.4 is 14.8 Å². The Morgan fingerprint density at radius 2 is 1.84 bits per heavy atom. The molecular weight excluding hydrogens is 418 g/mol. The number of carbonyl (C=O) groups excluding carboxylic acids is 1. The molecule has 1 atom stereocenters. The summed E-state index contributed by atoms with van der Waals surface area (Å²) in [6, 6.07) is 9.27. The quantitative estimate of drug-likeness (QED) is 0.621. The van der Waals surface area contributed by atoms with Crippen LogP contribution in [0.5, 0.6) is 11.5 Å². The van der Waals surface area contributed by atoms with Crippen molar-refractivity contribution in [2.75, 3.05) is 13.2 Å². The predicted molar refractivity (Wildman–Crippen MR) is 102 cm³/mol. The highest BCUT2D eigenvalue weighted by molar-refractivity contribution is 5.95. The molecular formula is C21H17F4N3O3. The van der Waals surface area contributed by atoms with Gasteiger partial charge in [0.2, 0.25) is 0 Å². The highest BCUT2D eigenvalue weighted by Crippen LogP contribution is 2.35. The Labute approximate surface area is 174 Å². The van der Waals surface area contributed by atoms with Gasteiger partial charge in [-0.15, -0.1) is 0 Å². The van der Waals surface area contributed by atoms with Gasteiger partial charge in [0.1, 0.15) is 24.7 Å². The van der Waals surface area contributed by atoms with E-state index in [1.54, 1.807) is 25.1 Å². The second kappa shape index (κ2) is 7.93. The molecule has 10 heteroatoms. The molecule has 1 amide bonds. The molecule has 2 aromatic carbocycles. The molecule has 1 aliphatic heterocycles. The number of carbonyl (C=O) groups is 1. The number of fused-ring (bicyclic) bond motifs is 1. The van der Waals surface area contributed by atoms with Crippen molar-refractivity contribution in [1.29, 1.82) is 0 Å². The van der Waals surface area contributed by atoms with E-state index in [-0.39, 0.29) is 0 Å². The SMILES string of the molecule is CC(NC(=O)c1cnn(-c2ccccc2F)c1C(F)(F)F)c1ccc2c(c1)OCCO2. The minimum Gasteiger partial charge on any atom is -0.486 e. The van der Waals surface area contributed by atoms with Gasteiger partial charge in [-0.05, 0) is 36.8 Å². The Morgan fingerprint density at radius 1 is 1.13 bits per heavy atom. The molecule has 0 radical (unpaired) electrons.